The first kappa shape index (κ1) is 13.6. The van der Waals surface area contributed by atoms with Gasteiger partial charge in [0.05, 0.1) is 5.71 Å². The molecule has 2 fully saturated rings. The van der Waals surface area contributed by atoms with E-state index in [0.29, 0.717) is 6.04 Å². The summed E-state index contributed by atoms with van der Waals surface area (Å²) in [6.07, 6.45) is 6.92. The summed E-state index contributed by atoms with van der Waals surface area (Å²) in [5, 5.41) is 12.2. The maximum absolute atomic E-state index is 8.83. The average Bonchev–Trinajstić information content (AvgIpc) is 2.97. The molecule has 1 heterocycles. The van der Waals surface area contributed by atoms with E-state index in [9.17, 15) is 0 Å². The highest BCUT2D eigenvalue weighted by atomic mass is 16.4. The Hall–Kier alpha value is -1.35. The molecule has 1 unspecified atom stereocenters. The summed E-state index contributed by atoms with van der Waals surface area (Å²) in [6.45, 7) is 2.44. The molecular formula is C17H24N2O. The Bertz CT molecular complexity index is 447. The lowest BCUT2D eigenvalue weighted by molar-refractivity contribution is 0.201. The maximum Gasteiger partial charge on any atom is 0.0571 e. The van der Waals surface area contributed by atoms with Crippen LogP contribution in [-0.4, -0.2) is 28.9 Å². The van der Waals surface area contributed by atoms with Gasteiger partial charge in [-0.25, -0.2) is 0 Å². The SMILES string of the molecule is ON=C1CCC(CN2CCCC2c2ccccc2)CC1. The first-order chi connectivity index (χ1) is 9.86. The number of hydrogen-bond donors (Lipinski definition) is 1. The van der Waals surface area contributed by atoms with E-state index in [-0.39, 0.29) is 0 Å². The minimum Gasteiger partial charge on any atom is -0.411 e. The van der Waals surface area contributed by atoms with Crippen molar-refractivity contribution >= 4 is 5.71 Å². The van der Waals surface area contributed by atoms with Crippen LogP contribution in [0.15, 0.2) is 35.5 Å². The second-order valence-electron chi connectivity index (χ2n) is 6.17. The fraction of sp³-hybridized carbons (Fsp3) is 0.588. The molecule has 0 radical (unpaired) electrons. The lowest BCUT2D eigenvalue weighted by Gasteiger charge is -2.31. The molecule has 3 heteroatoms. The van der Waals surface area contributed by atoms with Crippen molar-refractivity contribution in [2.24, 2.45) is 11.1 Å². The Morgan fingerprint density at radius 2 is 1.85 bits per heavy atom. The maximum atomic E-state index is 8.83. The number of hydrogen-bond acceptors (Lipinski definition) is 3. The number of nitrogens with zero attached hydrogens (tertiary/aromatic N) is 2. The molecule has 1 aromatic rings. The van der Waals surface area contributed by atoms with Crippen LogP contribution in [0.5, 0.6) is 0 Å². The summed E-state index contributed by atoms with van der Waals surface area (Å²) in [5.41, 5.74) is 2.46. The minimum absolute atomic E-state index is 0.615. The van der Waals surface area contributed by atoms with Crippen LogP contribution < -0.4 is 0 Å². The Morgan fingerprint density at radius 3 is 2.55 bits per heavy atom. The van der Waals surface area contributed by atoms with Gasteiger partial charge in [0.15, 0.2) is 0 Å². The van der Waals surface area contributed by atoms with Crippen molar-refractivity contribution in [1.29, 1.82) is 0 Å². The fourth-order valence-corrected chi connectivity index (χ4v) is 3.72. The first-order valence-corrected chi connectivity index (χ1v) is 7.85. The van der Waals surface area contributed by atoms with E-state index >= 15 is 0 Å². The molecule has 0 amide bonds. The van der Waals surface area contributed by atoms with E-state index < -0.39 is 0 Å². The highest BCUT2D eigenvalue weighted by Gasteiger charge is 2.29. The molecule has 0 spiro atoms. The van der Waals surface area contributed by atoms with Crippen molar-refractivity contribution in [3.63, 3.8) is 0 Å². The number of rotatable bonds is 3. The number of benzene rings is 1. The summed E-state index contributed by atoms with van der Waals surface area (Å²) >= 11 is 0. The molecule has 108 valence electrons. The third-order valence-corrected chi connectivity index (χ3v) is 4.86. The quantitative estimate of drug-likeness (QED) is 0.670. The van der Waals surface area contributed by atoms with Crippen LogP contribution >= 0.6 is 0 Å². The monoisotopic (exact) mass is 272 g/mol. The average molecular weight is 272 g/mol. The van der Waals surface area contributed by atoms with E-state index in [4.69, 9.17) is 5.21 Å². The van der Waals surface area contributed by atoms with Crippen molar-refractivity contribution in [2.75, 3.05) is 13.1 Å². The molecular weight excluding hydrogens is 248 g/mol. The Balaban J connectivity index is 1.60. The van der Waals surface area contributed by atoms with Gasteiger partial charge in [-0.1, -0.05) is 35.5 Å². The van der Waals surface area contributed by atoms with Crippen LogP contribution in [0.4, 0.5) is 0 Å². The van der Waals surface area contributed by atoms with E-state index in [1.54, 1.807) is 0 Å². The summed E-state index contributed by atoms with van der Waals surface area (Å²) in [4.78, 5) is 2.67. The van der Waals surface area contributed by atoms with Crippen molar-refractivity contribution in [3.8, 4) is 0 Å². The molecule has 3 nitrogen and oxygen atoms in total. The van der Waals surface area contributed by atoms with Crippen LogP contribution in [0.1, 0.15) is 50.1 Å². The van der Waals surface area contributed by atoms with Crippen LogP contribution in [-0.2, 0) is 0 Å². The van der Waals surface area contributed by atoms with Crippen LogP contribution in [0.3, 0.4) is 0 Å². The van der Waals surface area contributed by atoms with E-state index in [0.717, 1.165) is 24.5 Å². The molecule has 1 saturated carbocycles. The van der Waals surface area contributed by atoms with Crippen molar-refractivity contribution in [2.45, 2.75) is 44.6 Å². The topological polar surface area (TPSA) is 35.8 Å². The lowest BCUT2D eigenvalue weighted by Crippen LogP contribution is -2.31. The molecule has 1 saturated heterocycles. The van der Waals surface area contributed by atoms with Gasteiger partial charge in [0.1, 0.15) is 0 Å². The molecule has 3 rings (SSSR count). The second-order valence-corrected chi connectivity index (χ2v) is 6.17. The summed E-state index contributed by atoms with van der Waals surface area (Å²) < 4.78 is 0. The summed E-state index contributed by atoms with van der Waals surface area (Å²) in [6, 6.07) is 11.5. The first-order valence-electron chi connectivity index (χ1n) is 7.85. The Morgan fingerprint density at radius 1 is 1.10 bits per heavy atom. The lowest BCUT2D eigenvalue weighted by atomic mass is 9.87. The molecule has 2 aliphatic rings. The van der Waals surface area contributed by atoms with Gasteiger partial charge in [-0.15, -0.1) is 0 Å². The molecule has 1 atom stereocenters. The Labute approximate surface area is 121 Å². The molecule has 1 aliphatic heterocycles. The third kappa shape index (κ3) is 3.04. The predicted molar refractivity (Wildman–Crippen MR) is 81.2 cm³/mol. The third-order valence-electron chi connectivity index (χ3n) is 4.86. The van der Waals surface area contributed by atoms with Gasteiger partial charge in [0.2, 0.25) is 0 Å². The highest BCUT2D eigenvalue weighted by molar-refractivity contribution is 5.84. The van der Waals surface area contributed by atoms with Crippen molar-refractivity contribution in [3.05, 3.63) is 35.9 Å². The van der Waals surface area contributed by atoms with E-state index in [1.807, 2.05) is 0 Å². The van der Waals surface area contributed by atoms with Gasteiger partial charge >= 0.3 is 0 Å². The highest BCUT2D eigenvalue weighted by Crippen LogP contribution is 2.34. The zero-order valence-corrected chi connectivity index (χ0v) is 12.0. The second kappa shape index (κ2) is 6.40. The molecule has 0 aromatic heterocycles. The summed E-state index contributed by atoms with van der Waals surface area (Å²) in [5.74, 6) is 0.768. The number of oxime groups is 1. The van der Waals surface area contributed by atoms with Crippen LogP contribution in [0.2, 0.25) is 0 Å². The molecule has 20 heavy (non-hydrogen) atoms. The Kier molecular flexibility index (Phi) is 4.36. The van der Waals surface area contributed by atoms with Gasteiger partial charge in [-0.2, -0.15) is 0 Å². The van der Waals surface area contributed by atoms with Gasteiger partial charge in [0, 0.05) is 12.6 Å². The zero-order chi connectivity index (χ0) is 13.8. The fourth-order valence-electron chi connectivity index (χ4n) is 3.72. The van der Waals surface area contributed by atoms with Crippen LogP contribution in [0.25, 0.3) is 0 Å². The molecule has 1 aliphatic carbocycles. The molecule has 1 aromatic carbocycles. The smallest absolute Gasteiger partial charge is 0.0571 e. The summed E-state index contributed by atoms with van der Waals surface area (Å²) in [7, 11) is 0. The van der Waals surface area contributed by atoms with Gasteiger partial charge in [-0.3, -0.25) is 4.90 Å². The van der Waals surface area contributed by atoms with Crippen molar-refractivity contribution in [1.82, 2.24) is 4.90 Å². The molecule has 1 N–H and O–H groups in total. The standard InChI is InChI=1S/C17H24N2O/c20-18-16-10-8-14(9-11-16)13-19-12-4-7-17(19)15-5-2-1-3-6-15/h1-3,5-6,14,17,20H,4,7-13H2. The van der Waals surface area contributed by atoms with Gasteiger partial charge in [0.25, 0.3) is 0 Å². The largest absolute Gasteiger partial charge is 0.411 e. The van der Waals surface area contributed by atoms with E-state index in [2.05, 4.69) is 40.4 Å². The zero-order valence-electron chi connectivity index (χ0n) is 12.0. The normalized spacial score (nSPS) is 27.7. The van der Waals surface area contributed by atoms with Gasteiger partial charge < -0.3 is 5.21 Å². The minimum atomic E-state index is 0.615. The predicted octanol–water partition coefficient (Wildman–Crippen LogP) is 3.84. The van der Waals surface area contributed by atoms with Crippen LogP contribution in [0, 0.1) is 5.92 Å². The number of likely N-dealkylation sites (tertiary alicyclic amines) is 1. The molecule has 0 bridgehead atoms. The van der Waals surface area contributed by atoms with Gasteiger partial charge in [-0.05, 0) is 56.6 Å². The van der Waals surface area contributed by atoms with E-state index in [1.165, 1.54) is 44.3 Å². The van der Waals surface area contributed by atoms with Crippen molar-refractivity contribution < 1.29 is 5.21 Å².